The molecular weight excluding hydrogens is 292 g/mol. The van der Waals surface area contributed by atoms with Gasteiger partial charge in [0.05, 0.1) is 5.75 Å². The van der Waals surface area contributed by atoms with Gasteiger partial charge in [-0.15, -0.1) is 11.3 Å². The molecule has 1 fully saturated rings. The van der Waals surface area contributed by atoms with Gasteiger partial charge in [0.25, 0.3) is 0 Å². The minimum absolute atomic E-state index is 0.246. The largest absolute Gasteiger partial charge is 0.477 e. The number of carbonyl (C=O) groups is 1. The van der Waals surface area contributed by atoms with Gasteiger partial charge in [-0.05, 0) is 29.9 Å². The Morgan fingerprint density at radius 3 is 2.70 bits per heavy atom. The van der Waals surface area contributed by atoms with E-state index in [-0.39, 0.29) is 5.25 Å². The van der Waals surface area contributed by atoms with E-state index in [9.17, 15) is 14.1 Å². The Morgan fingerprint density at radius 1 is 1.30 bits per heavy atom. The van der Waals surface area contributed by atoms with E-state index in [2.05, 4.69) is 0 Å². The molecule has 0 aliphatic heterocycles. The lowest BCUT2D eigenvalue weighted by molar-refractivity contribution is 0.0701. The summed E-state index contributed by atoms with van der Waals surface area (Å²) < 4.78 is 13.4. The number of benzene rings is 1. The van der Waals surface area contributed by atoms with Crippen LogP contribution in [0, 0.1) is 0 Å². The summed E-state index contributed by atoms with van der Waals surface area (Å²) in [7, 11) is -0.964. The first-order valence-electron chi connectivity index (χ1n) is 6.77. The van der Waals surface area contributed by atoms with E-state index in [0.717, 1.165) is 41.3 Å². The summed E-state index contributed by atoms with van der Waals surface area (Å²) in [6, 6.07) is 7.67. The van der Waals surface area contributed by atoms with Crippen molar-refractivity contribution in [1.82, 2.24) is 0 Å². The van der Waals surface area contributed by atoms with Crippen molar-refractivity contribution in [1.29, 1.82) is 0 Å². The molecule has 0 bridgehead atoms. The molecule has 1 unspecified atom stereocenters. The second kappa shape index (κ2) is 5.66. The number of carboxylic acid groups (broad SMARTS) is 1. The minimum Gasteiger partial charge on any atom is -0.477 e. The monoisotopic (exact) mass is 308 g/mol. The molecule has 0 saturated heterocycles. The van der Waals surface area contributed by atoms with Crippen molar-refractivity contribution in [2.24, 2.45) is 0 Å². The molecular formula is C15H16O3S2. The first kappa shape index (κ1) is 13.8. The zero-order chi connectivity index (χ0) is 14.1. The van der Waals surface area contributed by atoms with Crippen molar-refractivity contribution < 1.29 is 14.1 Å². The molecule has 106 valence electrons. The van der Waals surface area contributed by atoms with E-state index < -0.39 is 16.8 Å². The van der Waals surface area contributed by atoms with E-state index in [0.29, 0.717) is 10.6 Å². The van der Waals surface area contributed by atoms with Crippen LogP contribution in [0.5, 0.6) is 0 Å². The Kier molecular flexibility index (Phi) is 3.89. The summed E-state index contributed by atoms with van der Waals surface area (Å²) >= 11 is 1.28. The van der Waals surface area contributed by atoms with Gasteiger partial charge in [0.1, 0.15) is 4.88 Å². The number of carboxylic acids is 1. The maximum atomic E-state index is 12.5. The fourth-order valence-electron chi connectivity index (χ4n) is 2.83. The van der Waals surface area contributed by atoms with E-state index in [1.807, 2.05) is 24.3 Å². The average Bonchev–Trinajstić information content (AvgIpc) is 3.06. The Labute approximate surface area is 124 Å². The predicted molar refractivity (Wildman–Crippen MR) is 82.9 cm³/mol. The Balaban J connectivity index is 1.98. The van der Waals surface area contributed by atoms with Crippen LogP contribution in [0.3, 0.4) is 0 Å². The zero-order valence-electron chi connectivity index (χ0n) is 11.0. The molecule has 1 saturated carbocycles. The van der Waals surface area contributed by atoms with Crippen LogP contribution in [0.1, 0.15) is 40.9 Å². The fraction of sp³-hybridized carbons (Fsp3) is 0.400. The third kappa shape index (κ3) is 2.52. The second-order valence-corrected chi connectivity index (χ2v) is 7.91. The summed E-state index contributed by atoms with van der Waals surface area (Å²) in [6.45, 7) is 0. The molecule has 5 heteroatoms. The van der Waals surface area contributed by atoms with Crippen molar-refractivity contribution in [3.8, 4) is 0 Å². The highest BCUT2D eigenvalue weighted by atomic mass is 32.2. The third-order valence-corrected chi connectivity index (χ3v) is 6.84. The van der Waals surface area contributed by atoms with Crippen molar-refractivity contribution in [2.75, 3.05) is 0 Å². The van der Waals surface area contributed by atoms with E-state index in [1.54, 1.807) is 0 Å². The highest BCUT2D eigenvalue weighted by molar-refractivity contribution is 7.84. The Bertz CT molecular complexity index is 669. The summed E-state index contributed by atoms with van der Waals surface area (Å²) in [6.07, 6.45) is 4.31. The van der Waals surface area contributed by atoms with Gasteiger partial charge in [-0.3, -0.25) is 4.21 Å². The smallest absolute Gasteiger partial charge is 0.346 e. The summed E-state index contributed by atoms with van der Waals surface area (Å²) in [4.78, 5) is 11.8. The highest BCUT2D eigenvalue weighted by Crippen LogP contribution is 2.34. The number of hydrogen-bond acceptors (Lipinski definition) is 3. The molecule has 1 aromatic carbocycles. The maximum absolute atomic E-state index is 12.5. The van der Waals surface area contributed by atoms with Crippen molar-refractivity contribution in [3.05, 3.63) is 34.7 Å². The third-order valence-electron chi connectivity index (χ3n) is 3.85. The molecule has 1 aromatic heterocycles. The number of fused-ring (bicyclic) bond motifs is 1. The quantitative estimate of drug-likeness (QED) is 0.935. The topological polar surface area (TPSA) is 54.4 Å². The molecule has 0 amide bonds. The molecule has 3 rings (SSSR count). The van der Waals surface area contributed by atoms with Crippen LogP contribution in [0.15, 0.2) is 24.3 Å². The second-order valence-electron chi connectivity index (χ2n) is 5.14. The minimum atomic E-state index is -0.964. The first-order valence-corrected chi connectivity index (χ1v) is 8.97. The van der Waals surface area contributed by atoms with Gasteiger partial charge in [0, 0.05) is 20.7 Å². The van der Waals surface area contributed by atoms with Crippen molar-refractivity contribution in [2.45, 2.75) is 36.7 Å². The van der Waals surface area contributed by atoms with Gasteiger partial charge in [-0.25, -0.2) is 4.79 Å². The van der Waals surface area contributed by atoms with Gasteiger partial charge in [0.2, 0.25) is 0 Å². The SMILES string of the molecule is O=C(O)c1sc2ccccc2c1CS(=O)C1CCCC1. The molecule has 1 atom stereocenters. The molecule has 1 aliphatic rings. The highest BCUT2D eigenvalue weighted by Gasteiger charge is 2.25. The Hall–Kier alpha value is -1.20. The predicted octanol–water partition coefficient (Wildman–Crippen LogP) is 3.79. The van der Waals surface area contributed by atoms with Crippen molar-refractivity contribution >= 4 is 38.2 Å². The number of rotatable bonds is 4. The first-order chi connectivity index (χ1) is 9.66. The van der Waals surface area contributed by atoms with Gasteiger partial charge >= 0.3 is 5.97 Å². The van der Waals surface area contributed by atoms with Crippen LogP contribution in [0.4, 0.5) is 0 Å². The molecule has 0 spiro atoms. The summed E-state index contributed by atoms with van der Waals surface area (Å²) in [5.74, 6) is -0.541. The fourth-order valence-corrected chi connectivity index (χ4v) is 5.66. The zero-order valence-corrected chi connectivity index (χ0v) is 12.6. The Morgan fingerprint density at radius 2 is 2.00 bits per heavy atom. The molecule has 1 heterocycles. The number of hydrogen-bond donors (Lipinski definition) is 1. The van der Waals surface area contributed by atoms with Crippen LogP contribution >= 0.6 is 11.3 Å². The average molecular weight is 308 g/mol. The van der Waals surface area contributed by atoms with Crippen LogP contribution in [-0.2, 0) is 16.6 Å². The molecule has 1 N–H and O–H groups in total. The van der Waals surface area contributed by atoms with E-state index >= 15 is 0 Å². The molecule has 0 radical (unpaired) electrons. The maximum Gasteiger partial charge on any atom is 0.346 e. The lowest BCUT2D eigenvalue weighted by atomic mass is 10.1. The van der Waals surface area contributed by atoms with Gasteiger partial charge < -0.3 is 5.11 Å². The van der Waals surface area contributed by atoms with Gasteiger partial charge in [0.15, 0.2) is 0 Å². The molecule has 2 aromatic rings. The molecule has 20 heavy (non-hydrogen) atoms. The van der Waals surface area contributed by atoms with Crippen LogP contribution in [0.25, 0.3) is 10.1 Å². The van der Waals surface area contributed by atoms with Crippen LogP contribution in [0.2, 0.25) is 0 Å². The van der Waals surface area contributed by atoms with Crippen LogP contribution in [-0.4, -0.2) is 20.5 Å². The van der Waals surface area contributed by atoms with Gasteiger partial charge in [-0.1, -0.05) is 31.0 Å². The summed E-state index contributed by atoms with van der Waals surface area (Å²) in [5.41, 5.74) is 0.753. The summed E-state index contributed by atoms with van der Waals surface area (Å²) in [5, 5.41) is 10.5. The van der Waals surface area contributed by atoms with E-state index in [4.69, 9.17) is 0 Å². The van der Waals surface area contributed by atoms with Crippen molar-refractivity contribution in [3.63, 3.8) is 0 Å². The molecule has 3 nitrogen and oxygen atoms in total. The normalized spacial score (nSPS) is 17.6. The van der Waals surface area contributed by atoms with Gasteiger partial charge in [-0.2, -0.15) is 0 Å². The van der Waals surface area contributed by atoms with Crippen LogP contribution < -0.4 is 0 Å². The lowest BCUT2D eigenvalue weighted by Crippen LogP contribution is -2.13. The lowest BCUT2D eigenvalue weighted by Gasteiger charge is -2.09. The number of aromatic carboxylic acids is 1. The number of thiophene rings is 1. The molecule has 1 aliphatic carbocycles. The standard InChI is InChI=1S/C15H16O3S2/c16-15(17)14-12(9-20(18)10-5-1-2-6-10)11-7-3-4-8-13(11)19-14/h3-4,7-8,10H,1-2,5-6,9H2,(H,16,17). The van der Waals surface area contributed by atoms with E-state index in [1.165, 1.54) is 11.3 Å².